The molecule has 5 nitrogen and oxygen atoms in total. The monoisotopic (exact) mass is 347 g/mol. The van der Waals surface area contributed by atoms with Crippen LogP contribution in [0.5, 0.6) is 0 Å². The molecule has 2 heterocycles. The first-order chi connectivity index (χ1) is 11.8. The van der Waals surface area contributed by atoms with E-state index in [-0.39, 0.29) is 0 Å². The molecule has 2 unspecified atom stereocenters. The minimum atomic E-state index is -0.542. The number of aliphatic imine (C=N–C) groups is 1. The van der Waals surface area contributed by atoms with E-state index in [1.54, 1.807) is 18.4 Å². The highest BCUT2D eigenvalue weighted by atomic mass is 32.1. The van der Waals surface area contributed by atoms with E-state index in [1.807, 2.05) is 12.1 Å². The lowest BCUT2D eigenvalue weighted by Gasteiger charge is -2.15. The second kappa shape index (κ2) is 8.46. The molecule has 0 radical (unpaired) electrons. The number of benzene rings is 1. The Labute approximate surface area is 146 Å². The first-order valence-electron chi connectivity index (χ1n) is 8.49. The predicted molar refractivity (Wildman–Crippen MR) is 99.7 cm³/mol. The molecule has 1 aliphatic rings. The van der Waals surface area contributed by atoms with Crippen molar-refractivity contribution in [2.24, 2.45) is 4.99 Å². The van der Waals surface area contributed by atoms with Crippen molar-refractivity contribution in [1.29, 1.82) is 0 Å². The summed E-state index contributed by atoms with van der Waals surface area (Å²) in [6.45, 7) is 2.15. The zero-order valence-electron chi connectivity index (χ0n) is 14.0. The SMILES string of the molecule is CN=C(NCCC1CCCO1)NCC(O)c1cc2ccccc2s1. The van der Waals surface area contributed by atoms with Gasteiger partial charge in [0.15, 0.2) is 5.96 Å². The van der Waals surface area contributed by atoms with Crippen molar-refractivity contribution in [3.05, 3.63) is 35.2 Å². The molecule has 0 aliphatic carbocycles. The van der Waals surface area contributed by atoms with Gasteiger partial charge in [0.1, 0.15) is 6.10 Å². The van der Waals surface area contributed by atoms with E-state index in [1.165, 1.54) is 16.5 Å². The summed E-state index contributed by atoms with van der Waals surface area (Å²) in [6.07, 6.45) is 3.13. The summed E-state index contributed by atoms with van der Waals surface area (Å²) in [5.41, 5.74) is 0. The van der Waals surface area contributed by atoms with E-state index in [4.69, 9.17) is 4.74 Å². The second-order valence-corrected chi connectivity index (χ2v) is 7.12. The number of aliphatic hydroxyl groups excluding tert-OH is 1. The van der Waals surface area contributed by atoms with E-state index in [9.17, 15) is 5.11 Å². The van der Waals surface area contributed by atoms with Crippen LogP contribution >= 0.6 is 11.3 Å². The van der Waals surface area contributed by atoms with Gasteiger partial charge in [-0.3, -0.25) is 4.99 Å². The summed E-state index contributed by atoms with van der Waals surface area (Å²) in [5, 5.41) is 18.1. The van der Waals surface area contributed by atoms with Crippen molar-refractivity contribution in [2.75, 3.05) is 26.7 Å². The van der Waals surface area contributed by atoms with Crippen LogP contribution in [0.4, 0.5) is 0 Å². The molecule has 3 N–H and O–H groups in total. The van der Waals surface area contributed by atoms with E-state index in [0.29, 0.717) is 18.6 Å². The van der Waals surface area contributed by atoms with Gasteiger partial charge in [-0.25, -0.2) is 0 Å². The lowest BCUT2D eigenvalue weighted by atomic mass is 10.2. The van der Waals surface area contributed by atoms with E-state index in [0.717, 1.165) is 30.9 Å². The minimum absolute atomic E-state index is 0.375. The Morgan fingerprint density at radius 3 is 3.04 bits per heavy atom. The molecule has 1 fully saturated rings. The molecule has 2 aromatic rings. The van der Waals surface area contributed by atoms with Gasteiger partial charge in [0, 0.05) is 36.3 Å². The molecule has 1 saturated heterocycles. The maximum Gasteiger partial charge on any atom is 0.191 e. The van der Waals surface area contributed by atoms with Gasteiger partial charge in [-0.2, -0.15) is 0 Å². The number of nitrogens with zero attached hydrogens (tertiary/aromatic N) is 1. The largest absolute Gasteiger partial charge is 0.386 e. The Kier molecular flexibility index (Phi) is 6.07. The summed E-state index contributed by atoms with van der Waals surface area (Å²) in [6, 6.07) is 10.2. The summed E-state index contributed by atoms with van der Waals surface area (Å²) >= 11 is 1.63. The summed E-state index contributed by atoms with van der Waals surface area (Å²) in [7, 11) is 1.74. The maximum absolute atomic E-state index is 10.4. The van der Waals surface area contributed by atoms with E-state index in [2.05, 4.69) is 33.8 Å². The molecule has 1 aromatic carbocycles. The number of hydrogen-bond donors (Lipinski definition) is 3. The number of aliphatic hydroxyl groups is 1. The molecule has 130 valence electrons. The molecule has 2 atom stereocenters. The zero-order valence-corrected chi connectivity index (χ0v) is 14.8. The molecule has 0 saturated carbocycles. The number of ether oxygens (including phenoxy) is 1. The molecular formula is C18H25N3O2S. The molecule has 1 aliphatic heterocycles. The maximum atomic E-state index is 10.4. The van der Waals surface area contributed by atoms with Crippen molar-refractivity contribution in [3.63, 3.8) is 0 Å². The Hall–Kier alpha value is -1.63. The summed E-state index contributed by atoms with van der Waals surface area (Å²) in [4.78, 5) is 5.18. The van der Waals surface area contributed by atoms with Crippen LogP contribution in [0.25, 0.3) is 10.1 Å². The highest BCUT2D eigenvalue weighted by Crippen LogP contribution is 2.29. The quantitative estimate of drug-likeness (QED) is 0.555. The van der Waals surface area contributed by atoms with Crippen LogP contribution in [0.15, 0.2) is 35.3 Å². The molecule has 0 spiro atoms. The molecular weight excluding hydrogens is 322 g/mol. The number of fused-ring (bicyclic) bond motifs is 1. The minimum Gasteiger partial charge on any atom is -0.386 e. The molecule has 1 aromatic heterocycles. The molecule has 6 heteroatoms. The standard InChI is InChI=1S/C18H25N3O2S/c1-19-18(20-9-8-14-6-4-10-23-14)21-12-15(22)17-11-13-5-2-3-7-16(13)24-17/h2-3,5,7,11,14-15,22H,4,6,8-10,12H2,1H3,(H2,19,20,21). The number of thiophene rings is 1. The van der Waals surface area contributed by atoms with Crippen LogP contribution in [0.1, 0.15) is 30.2 Å². The van der Waals surface area contributed by atoms with Gasteiger partial charge in [0.2, 0.25) is 0 Å². The summed E-state index contributed by atoms with van der Waals surface area (Å²) in [5.74, 6) is 0.716. The van der Waals surface area contributed by atoms with Crippen molar-refractivity contribution in [3.8, 4) is 0 Å². The van der Waals surface area contributed by atoms with Crippen LogP contribution < -0.4 is 10.6 Å². The van der Waals surface area contributed by atoms with Gasteiger partial charge in [-0.1, -0.05) is 18.2 Å². The predicted octanol–water partition coefficient (Wildman–Crippen LogP) is 2.67. The van der Waals surface area contributed by atoms with Gasteiger partial charge in [-0.05, 0) is 36.8 Å². The summed E-state index contributed by atoms with van der Waals surface area (Å²) < 4.78 is 6.81. The average Bonchev–Trinajstić information content (AvgIpc) is 3.26. The smallest absolute Gasteiger partial charge is 0.191 e. The number of guanidine groups is 1. The van der Waals surface area contributed by atoms with Crippen LogP contribution in [0, 0.1) is 0 Å². The Bertz CT molecular complexity index is 647. The van der Waals surface area contributed by atoms with Crippen molar-refractivity contribution in [2.45, 2.75) is 31.5 Å². The first-order valence-corrected chi connectivity index (χ1v) is 9.30. The van der Waals surface area contributed by atoms with E-state index >= 15 is 0 Å². The number of hydrogen-bond acceptors (Lipinski definition) is 4. The number of rotatable bonds is 6. The number of nitrogens with one attached hydrogen (secondary N) is 2. The molecule has 0 amide bonds. The Morgan fingerprint density at radius 2 is 2.29 bits per heavy atom. The van der Waals surface area contributed by atoms with Crippen molar-refractivity contribution < 1.29 is 9.84 Å². The van der Waals surface area contributed by atoms with Crippen LogP contribution in [-0.4, -0.2) is 43.9 Å². The van der Waals surface area contributed by atoms with Gasteiger partial charge in [0.25, 0.3) is 0 Å². The second-order valence-electron chi connectivity index (χ2n) is 6.01. The molecule has 0 bridgehead atoms. The first kappa shape index (κ1) is 17.2. The normalized spacial score (nSPS) is 19.6. The Morgan fingerprint density at radius 1 is 1.42 bits per heavy atom. The third-order valence-electron chi connectivity index (χ3n) is 4.24. The van der Waals surface area contributed by atoms with Gasteiger partial charge in [0.05, 0.1) is 6.10 Å². The third kappa shape index (κ3) is 4.47. The van der Waals surface area contributed by atoms with Crippen LogP contribution in [0.2, 0.25) is 0 Å². The highest BCUT2D eigenvalue weighted by Gasteiger charge is 2.15. The fourth-order valence-electron chi connectivity index (χ4n) is 2.90. The topological polar surface area (TPSA) is 65.9 Å². The van der Waals surface area contributed by atoms with E-state index < -0.39 is 6.10 Å². The lowest BCUT2D eigenvalue weighted by molar-refractivity contribution is 0.105. The van der Waals surface area contributed by atoms with Crippen LogP contribution in [-0.2, 0) is 4.74 Å². The lowest BCUT2D eigenvalue weighted by Crippen LogP contribution is -2.40. The highest BCUT2D eigenvalue weighted by molar-refractivity contribution is 7.19. The fraction of sp³-hybridized carbons (Fsp3) is 0.500. The fourth-order valence-corrected chi connectivity index (χ4v) is 3.96. The zero-order chi connectivity index (χ0) is 16.8. The van der Waals surface area contributed by atoms with Gasteiger partial charge < -0.3 is 20.5 Å². The van der Waals surface area contributed by atoms with Crippen molar-refractivity contribution >= 4 is 27.4 Å². The molecule has 24 heavy (non-hydrogen) atoms. The van der Waals surface area contributed by atoms with Crippen molar-refractivity contribution in [1.82, 2.24) is 10.6 Å². The van der Waals surface area contributed by atoms with Gasteiger partial charge in [-0.15, -0.1) is 11.3 Å². The van der Waals surface area contributed by atoms with Gasteiger partial charge >= 0.3 is 0 Å². The molecule has 3 rings (SSSR count). The third-order valence-corrected chi connectivity index (χ3v) is 5.46. The van der Waals surface area contributed by atoms with Crippen LogP contribution in [0.3, 0.4) is 0 Å². The average molecular weight is 347 g/mol. The Balaban J connectivity index is 1.45.